The third kappa shape index (κ3) is 7.29. The molecule has 0 amide bonds. The van der Waals surface area contributed by atoms with Crippen molar-refractivity contribution in [3.05, 3.63) is 41.8 Å². The van der Waals surface area contributed by atoms with E-state index in [-0.39, 0.29) is 24.0 Å². The smallest absolute Gasteiger partial charge is 0.226 e. The fourth-order valence-electron chi connectivity index (χ4n) is 3.56. The van der Waals surface area contributed by atoms with Gasteiger partial charge in [0.05, 0.1) is 6.54 Å². The first-order valence-corrected chi connectivity index (χ1v) is 10.4. The van der Waals surface area contributed by atoms with Gasteiger partial charge in [-0.15, -0.1) is 24.0 Å². The summed E-state index contributed by atoms with van der Waals surface area (Å²) < 4.78 is 5.64. The standard InChI is InChI=1S/C22H33N5O.HI/c1-4-23-22(24-13-18-7-6-12-27(5-2)15-18)25-14-20-16-28-21(26-20)19-10-8-17(3)9-11-19;/h8-11,16,18H,4-7,12-15H2,1-3H3,(H2,23,24,25);1H. The molecule has 1 saturated heterocycles. The van der Waals surface area contributed by atoms with Crippen molar-refractivity contribution in [2.45, 2.75) is 40.2 Å². The molecule has 6 nitrogen and oxygen atoms in total. The van der Waals surface area contributed by atoms with E-state index >= 15 is 0 Å². The number of oxazole rings is 1. The number of piperidine rings is 1. The van der Waals surface area contributed by atoms with Crippen molar-refractivity contribution in [1.82, 2.24) is 20.5 Å². The lowest BCUT2D eigenvalue weighted by atomic mass is 9.98. The Morgan fingerprint density at radius 1 is 1.24 bits per heavy atom. The SMILES string of the molecule is CCNC(=NCc1coc(-c2ccc(C)cc2)n1)NCC1CCCN(CC)C1.I. The summed E-state index contributed by atoms with van der Waals surface area (Å²) in [6.45, 7) is 12.2. The van der Waals surface area contributed by atoms with Crippen molar-refractivity contribution in [3.8, 4) is 11.5 Å². The van der Waals surface area contributed by atoms with E-state index in [9.17, 15) is 0 Å². The molecule has 2 heterocycles. The number of nitrogens with zero attached hydrogens (tertiary/aromatic N) is 3. The Labute approximate surface area is 191 Å². The fourth-order valence-corrected chi connectivity index (χ4v) is 3.56. The van der Waals surface area contributed by atoms with Crippen LogP contribution in [0.25, 0.3) is 11.5 Å². The summed E-state index contributed by atoms with van der Waals surface area (Å²) in [5, 5.41) is 6.83. The van der Waals surface area contributed by atoms with E-state index in [1.165, 1.54) is 31.5 Å². The number of aromatic nitrogens is 1. The Kier molecular flexibility index (Phi) is 9.93. The van der Waals surface area contributed by atoms with E-state index < -0.39 is 0 Å². The first kappa shape index (κ1) is 23.7. The van der Waals surface area contributed by atoms with Gasteiger partial charge in [0.15, 0.2) is 5.96 Å². The highest BCUT2D eigenvalue weighted by atomic mass is 127. The second-order valence-corrected chi connectivity index (χ2v) is 7.49. The molecule has 1 fully saturated rings. The molecule has 2 aromatic rings. The van der Waals surface area contributed by atoms with Crippen molar-refractivity contribution in [3.63, 3.8) is 0 Å². The van der Waals surface area contributed by atoms with Crippen LogP contribution in [0, 0.1) is 12.8 Å². The number of aliphatic imine (C=N–C) groups is 1. The predicted octanol–water partition coefficient (Wildman–Crippen LogP) is 4.06. The zero-order chi connectivity index (χ0) is 19.8. The quantitative estimate of drug-likeness (QED) is 0.334. The molecule has 1 unspecified atom stereocenters. The van der Waals surface area contributed by atoms with Gasteiger partial charge in [-0.25, -0.2) is 9.98 Å². The van der Waals surface area contributed by atoms with Gasteiger partial charge in [-0.1, -0.05) is 24.6 Å². The second-order valence-electron chi connectivity index (χ2n) is 7.49. The number of nitrogens with one attached hydrogen (secondary N) is 2. The second kappa shape index (κ2) is 12.2. The maximum atomic E-state index is 5.64. The van der Waals surface area contributed by atoms with Crippen molar-refractivity contribution in [2.75, 3.05) is 32.7 Å². The third-order valence-electron chi connectivity index (χ3n) is 5.20. The van der Waals surface area contributed by atoms with Gasteiger partial charge >= 0.3 is 0 Å². The molecular weight excluding hydrogens is 477 g/mol. The molecule has 7 heteroatoms. The molecular formula is C22H34IN5O. The number of hydrogen-bond acceptors (Lipinski definition) is 4. The highest BCUT2D eigenvalue weighted by Gasteiger charge is 2.18. The molecule has 2 N–H and O–H groups in total. The van der Waals surface area contributed by atoms with Crippen LogP contribution < -0.4 is 10.6 Å². The number of benzene rings is 1. The molecule has 0 spiro atoms. The molecule has 1 aromatic carbocycles. The van der Waals surface area contributed by atoms with Gasteiger partial charge < -0.3 is 20.0 Å². The summed E-state index contributed by atoms with van der Waals surface area (Å²) in [6, 6.07) is 8.19. The molecule has 0 aliphatic carbocycles. The molecule has 0 saturated carbocycles. The summed E-state index contributed by atoms with van der Waals surface area (Å²) >= 11 is 0. The Balaban J connectivity index is 0.00000300. The van der Waals surface area contributed by atoms with Gasteiger partial charge in [0, 0.05) is 25.2 Å². The molecule has 1 aliphatic rings. The van der Waals surface area contributed by atoms with Crippen LogP contribution in [0.5, 0.6) is 0 Å². The number of halogens is 1. The number of guanidine groups is 1. The lowest BCUT2D eigenvalue weighted by Crippen LogP contribution is -2.44. The van der Waals surface area contributed by atoms with E-state index in [1.54, 1.807) is 6.26 Å². The maximum Gasteiger partial charge on any atom is 0.226 e. The summed E-state index contributed by atoms with van der Waals surface area (Å²) in [5.74, 6) is 2.17. The molecule has 1 aliphatic heterocycles. The average molecular weight is 511 g/mol. The minimum atomic E-state index is 0. The average Bonchev–Trinajstić information content (AvgIpc) is 3.20. The Hall–Kier alpha value is -1.61. The molecule has 160 valence electrons. The zero-order valence-corrected chi connectivity index (χ0v) is 20.1. The van der Waals surface area contributed by atoms with E-state index in [1.807, 2.05) is 12.1 Å². The topological polar surface area (TPSA) is 65.7 Å². The van der Waals surface area contributed by atoms with Crippen LogP contribution in [-0.2, 0) is 6.54 Å². The van der Waals surface area contributed by atoms with Crippen molar-refractivity contribution in [2.24, 2.45) is 10.9 Å². The summed E-state index contributed by atoms with van der Waals surface area (Å²) in [4.78, 5) is 11.8. The number of likely N-dealkylation sites (tertiary alicyclic amines) is 1. The van der Waals surface area contributed by atoms with Gasteiger partial charge in [0.25, 0.3) is 0 Å². The maximum absolute atomic E-state index is 5.64. The van der Waals surface area contributed by atoms with Crippen molar-refractivity contribution >= 4 is 29.9 Å². The Bertz CT molecular complexity index is 759. The molecule has 1 atom stereocenters. The van der Waals surface area contributed by atoms with E-state index in [4.69, 9.17) is 4.42 Å². The van der Waals surface area contributed by atoms with Crippen LogP contribution in [0.3, 0.4) is 0 Å². The Morgan fingerprint density at radius 2 is 2.03 bits per heavy atom. The van der Waals surface area contributed by atoms with Crippen LogP contribution in [0.4, 0.5) is 0 Å². The fraction of sp³-hybridized carbons (Fsp3) is 0.545. The van der Waals surface area contributed by atoms with Gasteiger partial charge in [-0.3, -0.25) is 0 Å². The normalized spacial score (nSPS) is 17.6. The van der Waals surface area contributed by atoms with E-state index in [0.29, 0.717) is 18.4 Å². The zero-order valence-electron chi connectivity index (χ0n) is 17.8. The lowest BCUT2D eigenvalue weighted by molar-refractivity contribution is 0.183. The molecule has 3 rings (SSSR count). The van der Waals surface area contributed by atoms with Gasteiger partial charge in [-0.05, 0) is 57.8 Å². The molecule has 0 bridgehead atoms. The molecule has 29 heavy (non-hydrogen) atoms. The van der Waals surface area contributed by atoms with Crippen molar-refractivity contribution in [1.29, 1.82) is 0 Å². The van der Waals surface area contributed by atoms with E-state index in [0.717, 1.165) is 36.9 Å². The predicted molar refractivity (Wildman–Crippen MR) is 130 cm³/mol. The molecule has 0 radical (unpaired) electrons. The van der Waals surface area contributed by atoms with Gasteiger partial charge in [0.1, 0.15) is 12.0 Å². The highest BCUT2D eigenvalue weighted by Crippen LogP contribution is 2.19. The number of hydrogen-bond donors (Lipinski definition) is 2. The summed E-state index contributed by atoms with van der Waals surface area (Å²) in [5.41, 5.74) is 3.05. The van der Waals surface area contributed by atoms with Crippen LogP contribution in [-0.4, -0.2) is 48.6 Å². The number of aryl methyl sites for hydroxylation is 1. The van der Waals surface area contributed by atoms with Gasteiger partial charge in [0.2, 0.25) is 5.89 Å². The third-order valence-corrected chi connectivity index (χ3v) is 5.20. The van der Waals surface area contributed by atoms with Crippen LogP contribution in [0.2, 0.25) is 0 Å². The van der Waals surface area contributed by atoms with Gasteiger partial charge in [-0.2, -0.15) is 0 Å². The highest BCUT2D eigenvalue weighted by molar-refractivity contribution is 14.0. The minimum absolute atomic E-state index is 0. The largest absolute Gasteiger partial charge is 0.444 e. The monoisotopic (exact) mass is 511 g/mol. The first-order valence-electron chi connectivity index (χ1n) is 10.4. The van der Waals surface area contributed by atoms with Crippen LogP contribution in [0.15, 0.2) is 39.9 Å². The summed E-state index contributed by atoms with van der Waals surface area (Å²) in [7, 11) is 0. The number of rotatable bonds is 7. The van der Waals surface area contributed by atoms with E-state index in [2.05, 4.69) is 58.4 Å². The molecule has 1 aromatic heterocycles. The van der Waals surface area contributed by atoms with Crippen LogP contribution >= 0.6 is 24.0 Å². The van der Waals surface area contributed by atoms with Crippen molar-refractivity contribution < 1.29 is 4.42 Å². The van der Waals surface area contributed by atoms with Crippen LogP contribution in [0.1, 0.15) is 37.9 Å². The minimum Gasteiger partial charge on any atom is -0.444 e. The summed E-state index contributed by atoms with van der Waals surface area (Å²) in [6.07, 6.45) is 4.27. The Morgan fingerprint density at radius 3 is 2.76 bits per heavy atom. The lowest BCUT2D eigenvalue weighted by Gasteiger charge is -2.32. The first-order chi connectivity index (χ1) is 13.7.